The smallest absolute Gasteiger partial charge is 0.316 e. The lowest BCUT2D eigenvalue weighted by atomic mass is 10.1. The zero-order valence-corrected chi connectivity index (χ0v) is 12.0. The summed E-state index contributed by atoms with van der Waals surface area (Å²) in [5.41, 5.74) is 0. The predicted molar refractivity (Wildman–Crippen MR) is 71.3 cm³/mol. The highest BCUT2D eigenvalue weighted by Crippen LogP contribution is 2.17. The van der Waals surface area contributed by atoms with Crippen LogP contribution in [0, 0.1) is 5.92 Å². The molecule has 0 radical (unpaired) electrons. The summed E-state index contributed by atoms with van der Waals surface area (Å²) in [5, 5.41) is 3.38. The number of nitrogens with one attached hydrogen (secondary N) is 1. The fraction of sp³-hybridized carbons (Fsp3) is 1.00. The van der Waals surface area contributed by atoms with Crippen LogP contribution in [0.25, 0.3) is 0 Å². The number of halogens is 3. The Balaban J connectivity index is 2.15. The lowest BCUT2D eigenvalue weighted by molar-refractivity contribution is -0.149. The van der Waals surface area contributed by atoms with E-state index in [1.807, 2.05) is 0 Å². The zero-order valence-electron chi connectivity index (χ0n) is 12.0. The summed E-state index contributed by atoms with van der Waals surface area (Å²) in [6, 6.07) is 0. The van der Waals surface area contributed by atoms with E-state index in [-0.39, 0.29) is 0 Å². The van der Waals surface area contributed by atoms with Crippen LogP contribution in [0.1, 0.15) is 20.3 Å². The Bertz CT molecular complexity index is 238. The van der Waals surface area contributed by atoms with Crippen LogP contribution < -0.4 is 5.32 Å². The van der Waals surface area contributed by atoms with Crippen molar-refractivity contribution in [2.24, 2.45) is 5.92 Å². The highest BCUT2D eigenvalue weighted by atomic mass is 19.4. The average molecular weight is 281 g/mol. The van der Waals surface area contributed by atoms with Crippen molar-refractivity contribution < 1.29 is 13.2 Å². The minimum Gasteiger partial charge on any atom is -0.316 e. The van der Waals surface area contributed by atoms with E-state index in [9.17, 15) is 13.2 Å². The first kappa shape index (κ1) is 16.7. The summed E-state index contributed by atoms with van der Waals surface area (Å²) in [4.78, 5) is 3.77. The van der Waals surface area contributed by atoms with Gasteiger partial charge in [-0.25, -0.2) is 0 Å². The summed E-state index contributed by atoms with van der Waals surface area (Å²) in [5.74, 6) is 0.542. The largest absolute Gasteiger partial charge is 0.401 e. The Labute approximate surface area is 114 Å². The molecule has 0 saturated carbocycles. The van der Waals surface area contributed by atoms with Crippen LogP contribution in [-0.2, 0) is 0 Å². The summed E-state index contributed by atoms with van der Waals surface area (Å²) in [7, 11) is 0. The molecule has 1 aliphatic heterocycles. The maximum absolute atomic E-state index is 12.3. The molecular formula is C13H26F3N3. The molecule has 1 heterocycles. The quantitative estimate of drug-likeness (QED) is 0.718. The molecule has 1 aliphatic rings. The van der Waals surface area contributed by atoms with Gasteiger partial charge in [0.15, 0.2) is 0 Å². The third-order valence-electron chi connectivity index (χ3n) is 3.36. The van der Waals surface area contributed by atoms with Crippen LogP contribution in [0.3, 0.4) is 0 Å². The first-order chi connectivity index (χ1) is 8.90. The molecule has 0 amide bonds. The minimum absolute atomic E-state index is 0.522. The summed E-state index contributed by atoms with van der Waals surface area (Å²) < 4.78 is 36.8. The average Bonchev–Trinajstić information content (AvgIpc) is 2.30. The standard InChI is InChI=1S/C13H26F3N3/c1-3-4-17-9-12(2)10-18-5-7-19(8-6-18)11-13(14,15)16/h12,17H,3-11H2,1-2H3. The van der Waals surface area contributed by atoms with Gasteiger partial charge in [-0.3, -0.25) is 4.90 Å². The highest BCUT2D eigenvalue weighted by Gasteiger charge is 2.32. The highest BCUT2D eigenvalue weighted by molar-refractivity contribution is 4.75. The zero-order chi connectivity index (χ0) is 14.3. The van der Waals surface area contributed by atoms with Gasteiger partial charge in [-0.15, -0.1) is 0 Å². The van der Waals surface area contributed by atoms with E-state index in [0.717, 1.165) is 39.1 Å². The van der Waals surface area contributed by atoms with E-state index in [2.05, 4.69) is 24.1 Å². The van der Waals surface area contributed by atoms with Crippen molar-refractivity contribution in [1.29, 1.82) is 0 Å². The lowest BCUT2D eigenvalue weighted by Crippen LogP contribution is -2.50. The Hall–Kier alpha value is -0.330. The monoisotopic (exact) mass is 281 g/mol. The molecule has 1 N–H and O–H groups in total. The maximum Gasteiger partial charge on any atom is 0.401 e. The van der Waals surface area contributed by atoms with Gasteiger partial charge in [0.1, 0.15) is 0 Å². The fourth-order valence-electron chi connectivity index (χ4n) is 2.41. The topological polar surface area (TPSA) is 18.5 Å². The molecule has 1 fully saturated rings. The molecule has 1 saturated heterocycles. The summed E-state index contributed by atoms with van der Waals surface area (Å²) in [6.07, 6.45) is -2.94. The van der Waals surface area contributed by atoms with Gasteiger partial charge in [-0.1, -0.05) is 13.8 Å². The van der Waals surface area contributed by atoms with Crippen molar-refractivity contribution >= 4 is 0 Å². The molecule has 0 bridgehead atoms. The van der Waals surface area contributed by atoms with Gasteiger partial charge >= 0.3 is 6.18 Å². The number of piperazine rings is 1. The van der Waals surface area contributed by atoms with E-state index in [0.29, 0.717) is 19.0 Å². The second-order valence-corrected chi connectivity index (χ2v) is 5.50. The normalized spacial score (nSPS) is 20.7. The third-order valence-corrected chi connectivity index (χ3v) is 3.36. The Morgan fingerprint density at radius 2 is 1.68 bits per heavy atom. The van der Waals surface area contributed by atoms with E-state index in [1.165, 1.54) is 4.90 Å². The van der Waals surface area contributed by atoms with E-state index < -0.39 is 12.7 Å². The molecule has 1 rings (SSSR count). The van der Waals surface area contributed by atoms with Gasteiger partial charge in [0.2, 0.25) is 0 Å². The van der Waals surface area contributed by atoms with Crippen molar-refractivity contribution in [2.45, 2.75) is 26.4 Å². The second kappa shape index (κ2) is 8.07. The predicted octanol–water partition coefficient (Wildman–Crippen LogP) is 1.80. The minimum atomic E-state index is -4.07. The number of hydrogen-bond acceptors (Lipinski definition) is 3. The molecule has 0 aromatic carbocycles. The SMILES string of the molecule is CCCNCC(C)CN1CCN(CC(F)(F)F)CC1. The Morgan fingerprint density at radius 3 is 2.21 bits per heavy atom. The summed E-state index contributed by atoms with van der Waals surface area (Å²) >= 11 is 0. The van der Waals surface area contributed by atoms with Gasteiger partial charge in [0, 0.05) is 32.7 Å². The molecular weight excluding hydrogens is 255 g/mol. The van der Waals surface area contributed by atoms with Crippen LogP contribution in [0.15, 0.2) is 0 Å². The van der Waals surface area contributed by atoms with Crippen molar-refractivity contribution in [2.75, 3.05) is 52.4 Å². The molecule has 1 unspecified atom stereocenters. The molecule has 0 spiro atoms. The third kappa shape index (κ3) is 7.74. The molecule has 6 heteroatoms. The Morgan fingerprint density at radius 1 is 1.11 bits per heavy atom. The maximum atomic E-state index is 12.3. The van der Waals surface area contributed by atoms with Gasteiger partial charge in [0.25, 0.3) is 0 Å². The molecule has 0 aromatic rings. The van der Waals surface area contributed by atoms with Gasteiger partial charge < -0.3 is 10.2 Å². The van der Waals surface area contributed by atoms with Gasteiger partial charge in [0.05, 0.1) is 6.54 Å². The molecule has 19 heavy (non-hydrogen) atoms. The second-order valence-electron chi connectivity index (χ2n) is 5.50. The molecule has 114 valence electrons. The van der Waals surface area contributed by atoms with Crippen molar-refractivity contribution in [3.8, 4) is 0 Å². The number of hydrogen-bond donors (Lipinski definition) is 1. The fourth-order valence-corrected chi connectivity index (χ4v) is 2.41. The van der Waals surface area contributed by atoms with E-state index in [4.69, 9.17) is 0 Å². The van der Waals surface area contributed by atoms with Crippen LogP contribution in [0.4, 0.5) is 13.2 Å². The Kier molecular flexibility index (Phi) is 7.10. The van der Waals surface area contributed by atoms with Crippen molar-refractivity contribution in [3.05, 3.63) is 0 Å². The first-order valence-electron chi connectivity index (χ1n) is 7.13. The van der Waals surface area contributed by atoms with Crippen LogP contribution in [0.2, 0.25) is 0 Å². The van der Waals surface area contributed by atoms with Crippen molar-refractivity contribution in [1.82, 2.24) is 15.1 Å². The molecule has 1 atom stereocenters. The lowest BCUT2D eigenvalue weighted by Gasteiger charge is -2.36. The summed E-state index contributed by atoms with van der Waals surface area (Å²) in [6.45, 7) is 9.07. The van der Waals surface area contributed by atoms with E-state index in [1.54, 1.807) is 0 Å². The van der Waals surface area contributed by atoms with Crippen LogP contribution >= 0.6 is 0 Å². The number of rotatable bonds is 7. The number of alkyl halides is 3. The molecule has 3 nitrogen and oxygen atoms in total. The van der Waals surface area contributed by atoms with E-state index >= 15 is 0 Å². The van der Waals surface area contributed by atoms with Crippen molar-refractivity contribution in [3.63, 3.8) is 0 Å². The first-order valence-corrected chi connectivity index (χ1v) is 7.13. The van der Waals surface area contributed by atoms with Crippen LogP contribution in [-0.4, -0.2) is 68.3 Å². The molecule has 0 aromatic heterocycles. The van der Waals surface area contributed by atoms with Gasteiger partial charge in [-0.2, -0.15) is 13.2 Å². The number of nitrogens with zero attached hydrogens (tertiary/aromatic N) is 2. The van der Waals surface area contributed by atoms with Crippen LogP contribution in [0.5, 0.6) is 0 Å². The molecule has 0 aliphatic carbocycles. The van der Waals surface area contributed by atoms with Gasteiger partial charge in [-0.05, 0) is 25.4 Å².